The van der Waals surface area contributed by atoms with Crippen LogP contribution in [0.15, 0.2) is 42.5 Å². The smallest absolute Gasteiger partial charge is 0.239 e. The number of ketones is 2. The maximum Gasteiger partial charge on any atom is 0.239 e. The van der Waals surface area contributed by atoms with Gasteiger partial charge in [-0.05, 0) is 25.3 Å². The fraction of sp³-hybridized carbons (Fsp3) is 0.417. The van der Waals surface area contributed by atoms with Gasteiger partial charge >= 0.3 is 0 Å². The molecule has 0 fully saturated rings. The Morgan fingerprint density at radius 1 is 0.765 bits per heavy atom. The van der Waals surface area contributed by atoms with E-state index < -0.39 is 17.7 Å². The monoisotopic (exact) mass is 489 g/mol. The predicted octanol–water partition coefficient (Wildman–Crippen LogP) is 1.57. The van der Waals surface area contributed by atoms with Gasteiger partial charge in [-0.25, -0.2) is 0 Å². The van der Waals surface area contributed by atoms with Crippen LogP contribution in [0.4, 0.5) is 0 Å². The highest BCUT2D eigenvalue weighted by Crippen LogP contribution is 2.11. The van der Waals surface area contributed by atoms with Crippen molar-refractivity contribution < 1.29 is 28.8 Å². The second-order valence-electron chi connectivity index (χ2n) is 7.58. The van der Waals surface area contributed by atoms with E-state index >= 15 is 0 Å². The van der Waals surface area contributed by atoms with Crippen LogP contribution in [0.2, 0.25) is 0 Å². The van der Waals surface area contributed by atoms with E-state index in [0.29, 0.717) is 36.8 Å². The van der Waals surface area contributed by atoms with Crippen LogP contribution in [0.1, 0.15) is 49.4 Å². The van der Waals surface area contributed by atoms with Gasteiger partial charge < -0.3 is 16.0 Å². The van der Waals surface area contributed by atoms with Gasteiger partial charge in [0.25, 0.3) is 0 Å². The van der Waals surface area contributed by atoms with Crippen molar-refractivity contribution in [3.63, 3.8) is 0 Å². The van der Waals surface area contributed by atoms with Crippen LogP contribution >= 0.6 is 11.8 Å². The molecule has 3 N–H and O–H groups in total. The van der Waals surface area contributed by atoms with E-state index in [1.165, 1.54) is 0 Å². The van der Waals surface area contributed by atoms with E-state index in [0.717, 1.165) is 18.2 Å². The maximum atomic E-state index is 11.9. The predicted molar refractivity (Wildman–Crippen MR) is 130 cm³/mol. The van der Waals surface area contributed by atoms with Crippen LogP contribution < -0.4 is 16.0 Å². The van der Waals surface area contributed by atoms with Crippen LogP contribution in [0.3, 0.4) is 0 Å². The third-order valence-electron chi connectivity index (χ3n) is 4.55. The molecule has 1 aromatic rings. The van der Waals surface area contributed by atoms with Gasteiger partial charge in [-0.2, -0.15) is 0 Å². The molecule has 184 valence electrons. The summed E-state index contributed by atoms with van der Waals surface area (Å²) in [6.45, 7) is 4.46. The lowest BCUT2D eigenvalue weighted by Crippen LogP contribution is -2.43. The van der Waals surface area contributed by atoms with E-state index in [9.17, 15) is 28.8 Å². The molecule has 0 unspecified atom stereocenters. The molecule has 34 heavy (non-hydrogen) atoms. The largest absolute Gasteiger partial charge is 0.347 e. The number of hydrogen-bond donors (Lipinski definition) is 3. The van der Waals surface area contributed by atoms with E-state index in [1.54, 1.807) is 37.3 Å². The number of thioether (sulfide) groups is 1. The number of amides is 3. The lowest BCUT2D eigenvalue weighted by atomic mass is 10.1. The van der Waals surface area contributed by atoms with Gasteiger partial charge in [0.1, 0.15) is 0 Å². The van der Waals surface area contributed by atoms with Crippen LogP contribution in [-0.2, 0) is 24.0 Å². The van der Waals surface area contributed by atoms with Crippen molar-refractivity contribution in [1.82, 2.24) is 16.0 Å². The molecule has 0 saturated carbocycles. The molecule has 0 aliphatic rings. The molecule has 3 amide bonds. The molecule has 0 atom stereocenters. The van der Waals surface area contributed by atoms with Gasteiger partial charge in [0.2, 0.25) is 22.8 Å². The highest BCUT2D eigenvalue weighted by atomic mass is 32.2. The summed E-state index contributed by atoms with van der Waals surface area (Å²) in [6.07, 6.45) is 2.77. The van der Waals surface area contributed by atoms with Crippen molar-refractivity contribution in [2.45, 2.75) is 39.0 Å². The molecule has 0 aromatic heterocycles. The van der Waals surface area contributed by atoms with Crippen molar-refractivity contribution in [3.05, 3.63) is 48.0 Å². The first-order chi connectivity index (χ1) is 16.2. The van der Waals surface area contributed by atoms with E-state index in [2.05, 4.69) is 22.5 Å². The molecule has 0 bridgehead atoms. The third-order valence-corrected chi connectivity index (χ3v) is 5.46. The van der Waals surface area contributed by atoms with Gasteiger partial charge in [-0.15, -0.1) is 0 Å². The van der Waals surface area contributed by atoms with Crippen molar-refractivity contribution in [2.75, 3.05) is 25.4 Å². The highest BCUT2D eigenvalue weighted by molar-refractivity contribution is 8.14. The molecule has 9 nitrogen and oxygen atoms in total. The second-order valence-corrected chi connectivity index (χ2v) is 8.52. The summed E-state index contributed by atoms with van der Waals surface area (Å²) >= 11 is 0.830. The molecular weight excluding hydrogens is 458 g/mol. The summed E-state index contributed by atoms with van der Waals surface area (Å²) in [7, 11) is 0. The zero-order valence-electron chi connectivity index (χ0n) is 19.3. The SMILES string of the molecule is C=C(C)C(=O)CCCCCC(=O)CNC(=O)CNC(=O)CNC(=O)CSC(=O)c1ccccc1. The first-order valence-electron chi connectivity index (χ1n) is 10.9. The molecule has 1 rings (SSSR count). The zero-order chi connectivity index (χ0) is 25.3. The third kappa shape index (κ3) is 13.3. The molecule has 1 aromatic carbocycles. The Balaban J connectivity index is 2.09. The summed E-state index contributed by atoms with van der Waals surface area (Å²) in [5.74, 6) is -1.82. The zero-order valence-corrected chi connectivity index (χ0v) is 20.1. The Labute approximate surface area is 203 Å². The van der Waals surface area contributed by atoms with Gasteiger partial charge in [-0.1, -0.05) is 55.1 Å². The topological polar surface area (TPSA) is 139 Å². The summed E-state index contributed by atoms with van der Waals surface area (Å²) in [4.78, 5) is 70.5. The van der Waals surface area contributed by atoms with Gasteiger partial charge in [0.05, 0.1) is 25.4 Å². The standard InChI is InChI=1S/C24H31N3O6S/c1-17(2)20(29)12-8-4-7-11-19(28)13-25-21(30)14-26-22(31)15-27-23(32)16-34-24(33)18-9-5-3-6-10-18/h3,5-6,9-10H,1,4,7-8,11-16H2,2H3,(H,25,30)(H,26,31)(H,27,32). The van der Waals surface area contributed by atoms with Gasteiger partial charge in [0, 0.05) is 18.4 Å². The molecule has 0 heterocycles. The lowest BCUT2D eigenvalue weighted by Gasteiger charge is -2.08. The molecule has 0 aliphatic heterocycles. The van der Waals surface area contributed by atoms with Gasteiger partial charge in [-0.3, -0.25) is 28.8 Å². The van der Waals surface area contributed by atoms with Crippen LogP contribution in [-0.4, -0.2) is 59.8 Å². The van der Waals surface area contributed by atoms with E-state index in [-0.39, 0.29) is 42.1 Å². The van der Waals surface area contributed by atoms with Crippen molar-refractivity contribution in [2.24, 2.45) is 0 Å². The maximum absolute atomic E-state index is 11.9. The number of nitrogens with one attached hydrogen (secondary N) is 3. The summed E-state index contributed by atoms with van der Waals surface area (Å²) in [5.41, 5.74) is 1.01. The summed E-state index contributed by atoms with van der Waals surface area (Å²) in [5, 5.41) is 6.90. The Morgan fingerprint density at radius 2 is 1.32 bits per heavy atom. The highest BCUT2D eigenvalue weighted by Gasteiger charge is 2.12. The number of allylic oxidation sites excluding steroid dienone is 1. The molecular formula is C24H31N3O6S. The second kappa shape index (κ2) is 16.4. The van der Waals surface area contributed by atoms with Crippen LogP contribution in [0, 0.1) is 0 Å². The minimum absolute atomic E-state index is 0.0252. The van der Waals surface area contributed by atoms with Crippen molar-refractivity contribution in [3.8, 4) is 0 Å². The lowest BCUT2D eigenvalue weighted by molar-refractivity contribution is -0.128. The summed E-state index contributed by atoms with van der Waals surface area (Å²) < 4.78 is 0. The first-order valence-corrected chi connectivity index (χ1v) is 11.9. The fourth-order valence-electron chi connectivity index (χ4n) is 2.61. The number of benzene rings is 1. The molecule has 0 aliphatic carbocycles. The van der Waals surface area contributed by atoms with Crippen molar-refractivity contribution >= 4 is 46.2 Å². The number of carbonyl (C=O) groups is 6. The van der Waals surface area contributed by atoms with Crippen LogP contribution in [0.25, 0.3) is 0 Å². The Bertz CT molecular complexity index is 901. The summed E-state index contributed by atoms with van der Waals surface area (Å²) in [6, 6.07) is 8.53. The average Bonchev–Trinajstić information content (AvgIpc) is 2.83. The van der Waals surface area contributed by atoms with E-state index in [1.807, 2.05) is 0 Å². The Kier molecular flexibility index (Phi) is 13.8. The first kappa shape index (κ1) is 28.8. The molecule has 0 radical (unpaired) electrons. The van der Waals surface area contributed by atoms with Crippen LogP contribution in [0.5, 0.6) is 0 Å². The normalized spacial score (nSPS) is 10.1. The minimum atomic E-state index is -0.571. The Hall–Kier alpha value is -3.27. The van der Waals surface area contributed by atoms with Gasteiger partial charge in [0.15, 0.2) is 11.6 Å². The van der Waals surface area contributed by atoms with Crippen molar-refractivity contribution in [1.29, 1.82) is 0 Å². The number of rotatable bonds is 16. The molecule has 0 saturated heterocycles. The number of carbonyl (C=O) groups excluding carboxylic acids is 6. The Morgan fingerprint density at radius 3 is 1.94 bits per heavy atom. The average molecular weight is 490 g/mol. The number of hydrogen-bond acceptors (Lipinski definition) is 7. The number of Topliss-reactive ketones (excluding diaryl/α,β-unsaturated/α-hetero) is 2. The molecule has 10 heteroatoms. The fourth-order valence-corrected chi connectivity index (χ4v) is 3.27. The quantitative estimate of drug-likeness (QED) is 0.237. The van der Waals surface area contributed by atoms with E-state index in [4.69, 9.17) is 0 Å². The minimum Gasteiger partial charge on any atom is -0.347 e. The number of unbranched alkanes of at least 4 members (excludes halogenated alkanes) is 2. The molecule has 0 spiro atoms.